The zero-order valence-electron chi connectivity index (χ0n) is 8.60. The lowest BCUT2D eigenvalue weighted by Crippen LogP contribution is -2.44. The van der Waals surface area contributed by atoms with E-state index in [1.807, 2.05) is 38.1 Å². The van der Waals surface area contributed by atoms with Crippen LogP contribution >= 0.6 is 15.9 Å². The van der Waals surface area contributed by atoms with Crippen molar-refractivity contribution in [1.82, 2.24) is 5.32 Å². The minimum Gasteiger partial charge on any atom is -0.308 e. The maximum Gasteiger partial charge on any atom is 0.182 e. The van der Waals surface area contributed by atoms with Crippen molar-refractivity contribution in [2.24, 2.45) is 0 Å². The van der Waals surface area contributed by atoms with E-state index in [2.05, 4.69) is 21.2 Å². The number of ketones is 1. The molecule has 0 radical (unpaired) electrons. The summed E-state index contributed by atoms with van der Waals surface area (Å²) in [5.74, 6) is 0.104. The fourth-order valence-electron chi connectivity index (χ4n) is 1.08. The van der Waals surface area contributed by atoms with E-state index in [-0.39, 0.29) is 5.78 Å². The molecular formula is C11H14BrNO. The second-order valence-electron chi connectivity index (χ2n) is 3.71. The van der Waals surface area contributed by atoms with Crippen LogP contribution in [0.5, 0.6) is 0 Å². The first-order chi connectivity index (χ1) is 6.47. The zero-order chi connectivity index (χ0) is 10.8. The van der Waals surface area contributed by atoms with E-state index in [4.69, 9.17) is 0 Å². The number of hydrogen-bond donors (Lipinski definition) is 1. The molecule has 0 aromatic heterocycles. The van der Waals surface area contributed by atoms with Crippen LogP contribution in [0.2, 0.25) is 0 Å². The van der Waals surface area contributed by atoms with Gasteiger partial charge in [0.15, 0.2) is 5.78 Å². The Balaban J connectivity index is 2.96. The van der Waals surface area contributed by atoms with E-state index in [0.29, 0.717) is 0 Å². The van der Waals surface area contributed by atoms with Crippen molar-refractivity contribution in [2.45, 2.75) is 19.4 Å². The summed E-state index contributed by atoms with van der Waals surface area (Å²) >= 11 is 3.34. The van der Waals surface area contributed by atoms with E-state index in [9.17, 15) is 4.79 Å². The summed E-state index contributed by atoms with van der Waals surface area (Å²) in [6, 6.07) is 7.40. The molecule has 0 atom stereocenters. The minimum absolute atomic E-state index is 0.104. The van der Waals surface area contributed by atoms with E-state index < -0.39 is 5.54 Å². The normalized spacial score (nSPS) is 11.4. The molecule has 76 valence electrons. The number of halogens is 1. The number of rotatable bonds is 3. The molecule has 0 saturated carbocycles. The molecular weight excluding hydrogens is 242 g/mol. The first-order valence-corrected chi connectivity index (χ1v) is 5.26. The average Bonchev–Trinajstić information content (AvgIpc) is 2.18. The van der Waals surface area contributed by atoms with Crippen LogP contribution < -0.4 is 5.32 Å². The summed E-state index contributed by atoms with van der Waals surface area (Å²) in [6.07, 6.45) is 0. The Labute approximate surface area is 92.8 Å². The number of likely N-dealkylation sites (N-methyl/N-ethyl adjacent to an activating group) is 1. The molecule has 1 aromatic rings. The number of carbonyl (C=O) groups is 1. The number of benzene rings is 1. The SMILES string of the molecule is CNC(C)(C)C(=O)c1ccc(Br)cc1. The quantitative estimate of drug-likeness (QED) is 0.842. The molecule has 1 rings (SSSR count). The Kier molecular flexibility index (Phi) is 3.45. The summed E-state index contributed by atoms with van der Waals surface area (Å²) in [4.78, 5) is 11.9. The largest absolute Gasteiger partial charge is 0.308 e. The monoisotopic (exact) mass is 255 g/mol. The van der Waals surface area contributed by atoms with Gasteiger partial charge in [-0.25, -0.2) is 0 Å². The second-order valence-corrected chi connectivity index (χ2v) is 4.63. The third kappa shape index (κ3) is 2.42. The molecule has 0 unspecified atom stereocenters. The van der Waals surface area contributed by atoms with Crippen molar-refractivity contribution in [1.29, 1.82) is 0 Å². The predicted molar refractivity (Wildman–Crippen MR) is 61.6 cm³/mol. The van der Waals surface area contributed by atoms with Gasteiger partial charge in [-0.3, -0.25) is 4.79 Å². The highest BCUT2D eigenvalue weighted by atomic mass is 79.9. The highest BCUT2D eigenvalue weighted by Crippen LogP contribution is 2.15. The van der Waals surface area contributed by atoms with Crippen LogP contribution in [0, 0.1) is 0 Å². The molecule has 0 fully saturated rings. The van der Waals surface area contributed by atoms with E-state index in [0.717, 1.165) is 10.0 Å². The molecule has 0 aliphatic heterocycles. The van der Waals surface area contributed by atoms with Crippen LogP contribution in [-0.4, -0.2) is 18.4 Å². The first kappa shape index (κ1) is 11.4. The van der Waals surface area contributed by atoms with Crippen molar-refractivity contribution in [3.05, 3.63) is 34.3 Å². The van der Waals surface area contributed by atoms with Crippen molar-refractivity contribution in [3.63, 3.8) is 0 Å². The molecule has 0 spiro atoms. The van der Waals surface area contributed by atoms with Gasteiger partial charge in [0, 0.05) is 10.0 Å². The van der Waals surface area contributed by atoms with E-state index in [1.165, 1.54) is 0 Å². The predicted octanol–water partition coefficient (Wildman–Crippen LogP) is 2.63. The van der Waals surface area contributed by atoms with Crippen LogP contribution in [0.15, 0.2) is 28.7 Å². The highest BCUT2D eigenvalue weighted by molar-refractivity contribution is 9.10. The van der Waals surface area contributed by atoms with Gasteiger partial charge in [0.25, 0.3) is 0 Å². The lowest BCUT2D eigenvalue weighted by Gasteiger charge is -2.22. The Morgan fingerprint density at radius 2 is 1.79 bits per heavy atom. The zero-order valence-corrected chi connectivity index (χ0v) is 10.2. The number of nitrogens with one attached hydrogen (secondary N) is 1. The Bertz CT molecular complexity index is 330. The fourth-order valence-corrected chi connectivity index (χ4v) is 1.34. The maximum absolute atomic E-state index is 11.9. The van der Waals surface area contributed by atoms with Gasteiger partial charge in [-0.1, -0.05) is 28.1 Å². The molecule has 0 saturated heterocycles. The van der Waals surface area contributed by atoms with Gasteiger partial charge < -0.3 is 5.32 Å². The molecule has 1 aromatic carbocycles. The molecule has 0 aliphatic rings. The van der Waals surface area contributed by atoms with Gasteiger partial charge in [-0.15, -0.1) is 0 Å². The van der Waals surface area contributed by atoms with Crippen LogP contribution in [-0.2, 0) is 0 Å². The fraction of sp³-hybridized carbons (Fsp3) is 0.364. The summed E-state index contributed by atoms with van der Waals surface area (Å²) in [7, 11) is 1.79. The second kappa shape index (κ2) is 4.24. The average molecular weight is 256 g/mol. The smallest absolute Gasteiger partial charge is 0.182 e. The molecule has 0 aliphatic carbocycles. The third-order valence-electron chi connectivity index (χ3n) is 2.30. The summed E-state index contributed by atoms with van der Waals surface area (Å²) < 4.78 is 0.983. The third-order valence-corrected chi connectivity index (χ3v) is 2.83. The molecule has 0 amide bonds. The van der Waals surface area contributed by atoms with Crippen LogP contribution in [0.4, 0.5) is 0 Å². The van der Waals surface area contributed by atoms with Crippen LogP contribution in [0.1, 0.15) is 24.2 Å². The number of Topliss-reactive ketones (excluding diaryl/α,β-unsaturated/α-hetero) is 1. The van der Waals surface area contributed by atoms with Crippen molar-refractivity contribution >= 4 is 21.7 Å². The number of carbonyl (C=O) groups excluding carboxylic acids is 1. The van der Waals surface area contributed by atoms with Gasteiger partial charge in [-0.05, 0) is 33.0 Å². The standard InChI is InChI=1S/C11H14BrNO/c1-11(2,13-3)10(14)8-4-6-9(12)7-5-8/h4-7,13H,1-3H3. The van der Waals surface area contributed by atoms with Gasteiger partial charge in [0.2, 0.25) is 0 Å². The summed E-state index contributed by atoms with van der Waals surface area (Å²) in [6.45, 7) is 3.74. The Morgan fingerprint density at radius 3 is 2.21 bits per heavy atom. The van der Waals surface area contributed by atoms with Gasteiger partial charge in [-0.2, -0.15) is 0 Å². The minimum atomic E-state index is -0.506. The summed E-state index contributed by atoms with van der Waals surface area (Å²) in [5, 5.41) is 2.99. The lowest BCUT2D eigenvalue weighted by molar-refractivity contribution is 0.0889. The highest BCUT2D eigenvalue weighted by Gasteiger charge is 2.25. The molecule has 1 N–H and O–H groups in total. The van der Waals surface area contributed by atoms with Crippen molar-refractivity contribution in [3.8, 4) is 0 Å². The number of hydrogen-bond acceptors (Lipinski definition) is 2. The topological polar surface area (TPSA) is 29.1 Å². The molecule has 3 heteroatoms. The molecule has 0 bridgehead atoms. The van der Waals surface area contributed by atoms with Crippen molar-refractivity contribution < 1.29 is 4.79 Å². The first-order valence-electron chi connectivity index (χ1n) is 4.46. The summed E-state index contributed by atoms with van der Waals surface area (Å²) in [5.41, 5.74) is 0.223. The Morgan fingerprint density at radius 1 is 1.29 bits per heavy atom. The van der Waals surface area contributed by atoms with Crippen LogP contribution in [0.25, 0.3) is 0 Å². The van der Waals surface area contributed by atoms with E-state index >= 15 is 0 Å². The maximum atomic E-state index is 11.9. The van der Waals surface area contributed by atoms with Gasteiger partial charge in [0.05, 0.1) is 5.54 Å². The van der Waals surface area contributed by atoms with E-state index in [1.54, 1.807) is 7.05 Å². The molecule has 0 heterocycles. The lowest BCUT2D eigenvalue weighted by atomic mass is 9.93. The van der Waals surface area contributed by atoms with Crippen molar-refractivity contribution in [2.75, 3.05) is 7.05 Å². The van der Waals surface area contributed by atoms with Crippen LogP contribution in [0.3, 0.4) is 0 Å². The van der Waals surface area contributed by atoms with Gasteiger partial charge >= 0.3 is 0 Å². The Hall–Kier alpha value is -0.670. The van der Waals surface area contributed by atoms with Gasteiger partial charge in [0.1, 0.15) is 0 Å². The molecule has 14 heavy (non-hydrogen) atoms. The molecule has 2 nitrogen and oxygen atoms in total.